The summed E-state index contributed by atoms with van der Waals surface area (Å²) in [4.78, 5) is 59.5. The monoisotopic (exact) mass is 714 g/mol. The molecule has 3 amide bonds. The summed E-state index contributed by atoms with van der Waals surface area (Å²) in [5, 5.41) is 26.9. The Bertz CT molecular complexity index is 1870. The van der Waals surface area contributed by atoms with Crippen molar-refractivity contribution in [3.8, 4) is 16.9 Å². The van der Waals surface area contributed by atoms with Crippen LogP contribution in [0, 0.1) is 0 Å². The third kappa shape index (κ3) is 9.02. The van der Waals surface area contributed by atoms with Crippen LogP contribution in [0.5, 0.6) is 5.75 Å². The van der Waals surface area contributed by atoms with E-state index < -0.39 is 41.4 Å². The number of nitrogens with two attached hydrogens (primary N) is 2. The topological polar surface area (TPSA) is 210 Å². The molecular formula is C39H50N6O7. The van der Waals surface area contributed by atoms with Crippen LogP contribution in [0.1, 0.15) is 75.7 Å². The van der Waals surface area contributed by atoms with Crippen molar-refractivity contribution in [3.63, 3.8) is 0 Å². The molecule has 1 fully saturated rings. The van der Waals surface area contributed by atoms with Crippen LogP contribution in [0.25, 0.3) is 27.6 Å². The number of allylic oxidation sites excluding steroid dienone is 2. The maximum absolute atomic E-state index is 14.2. The van der Waals surface area contributed by atoms with Gasteiger partial charge in [0, 0.05) is 40.4 Å². The van der Waals surface area contributed by atoms with Crippen LogP contribution in [0.15, 0.2) is 66.5 Å². The molecule has 278 valence electrons. The van der Waals surface area contributed by atoms with Crippen LogP contribution >= 0.6 is 0 Å². The van der Waals surface area contributed by atoms with E-state index in [9.17, 15) is 29.4 Å². The Labute approximate surface area is 304 Å². The van der Waals surface area contributed by atoms with Crippen LogP contribution < -0.4 is 26.8 Å². The van der Waals surface area contributed by atoms with Crippen molar-refractivity contribution in [2.24, 2.45) is 11.5 Å². The van der Waals surface area contributed by atoms with Crippen molar-refractivity contribution in [3.05, 3.63) is 77.6 Å². The first-order valence-electron chi connectivity index (χ1n) is 17.5. The Morgan fingerprint density at radius 1 is 1.08 bits per heavy atom. The minimum atomic E-state index is -1.65. The maximum atomic E-state index is 14.2. The Morgan fingerprint density at radius 3 is 2.44 bits per heavy atom. The number of para-hydroxylation sites is 1. The number of aliphatic hydroxyl groups is 1. The minimum absolute atomic E-state index is 0.0161. The fourth-order valence-electron chi connectivity index (χ4n) is 6.40. The number of rotatable bonds is 16. The smallest absolute Gasteiger partial charge is 0.352 e. The molecule has 1 aliphatic heterocycles. The average Bonchev–Trinajstić information content (AvgIpc) is 3.43. The number of fused-ring (bicyclic) bond motifs is 1. The summed E-state index contributed by atoms with van der Waals surface area (Å²) in [7, 11) is 0. The molecule has 13 nitrogen and oxygen atoms in total. The summed E-state index contributed by atoms with van der Waals surface area (Å²) in [6.45, 7) is 11.7. The molecule has 1 saturated heterocycles. The van der Waals surface area contributed by atoms with E-state index in [1.165, 1.54) is 25.7 Å². The molecule has 3 atom stereocenters. The van der Waals surface area contributed by atoms with Gasteiger partial charge in [0.1, 0.15) is 23.5 Å². The zero-order valence-corrected chi connectivity index (χ0v) is 30.3. The predicted molar refractivity (Wildman–Crippen MR) is 200 cm³/mol. The van der Waals surface area contributed by atoms with Gasteiger partial charge in [-0.25, -0.2) is 4.79 Å². The molecule has 0 radical (unpaired) electrons. The molecular weight excluding hydrogens is 664 g/mol. The van der Waals surface area contributed by atoms with Crippen molar-refractivity contribution in [2.75, 3.05) is 26.2 Å². The van der Waals surface area contributed by atoms with E-state index in [2.05, 4.69) is 22.2 Å². The number of aromatic nitrogens is 1. The fraction of sp³-hybridized carbons (Fsp3) is 0.410. The largest absolute Gasteiger partial charge is 0.493 e. The van der Waals surface area contributed by atoms with Gasteiger partial charge in [-0.2, -0.15) is 0 Å². The number of unbranched alkanes of at least 4 members (excludes halogenated alkanes) is 1. The van der Waals surface area contributed by atoms with Gasteiger partial charge < -0.3 is 42.0 Å². The molecule has 3 aromatic rings. The van der Waals surface area contributed by atoms with Crippen LogP contribution in [-0.4, -0.2) is 87.7 Å². The molecule has 2 heterocycles. The highest BCUT2D eigenvalue weighted by molar-refractivity contribution is 6.04. The van der Waals surface area contributed by atoms with Crippen LogP contribution in [0.2, 0.25) is 0 Å². The molecule has 4 rings (SSSR count). The van der Waals surface area contributed by atoms with Gasteiger partial charge in [0.15, 0.2) is 0 Å². The molecule has 0 bridgehead atoms. The number of nitrogens with zero attached hydrogens (tertiary/aromatic N) is 2. The Kier molecular flexibility index (Phi) is 13.3. The second-order valence-corrected chi connectivity index (χ2v) is 13.6. The normalized spacial score (nSPS) is 17.4. The van der Waals surface area contributed by atoms with Gasteiger partial charge in [-0.15, -0.1) is 0 Å². The van der Waals surface area contributed by atoms with Gasteiger partial charge in [0.2, 0.25) is 11.8 Å². The number of ether oxygens (including phenoxy) is 1. The molecule has 1 aromatic heterocycles. The van der Waals surface area contributed by atoms with E-state index in [-0.39, 0.29) is 30.6 Å². The van der Waals surface area contributed by atoms with Gasteiger partial charge in [-0.3, -0.25) is 19.4 Å². The van der Waals surface area contributed by atoms with Gasteiger partial charge >= 0.3 is 5.97 Å². The standard InChI is InChI=1S/C39H50N6O7/c1-23(2)28-22-42-29-12-7-6-11-26(29)32(28)27-21-25(14-15-31(27)52-20-10-18-41)35(46)43-30(13-8-9-17-40)37(48)45-19-16-39(5,51)34(45)36(47)44-33(24(3)4)38(49)50/h6-7,11-12,14-15,21-22,30,34,51H,1,8-10,13,16-20,40-41H2,2-5H3,(H,43,46)(H,44,47)(H,49,50)/t30-,34+,39?/m0/s1. The summed E-state index contributed by atoms with van der Waals surface area (Å²) >= 11 is 0. The molecule has 1 unspecified atom stereocenters. The van der Waals surface area contributed by atoms with Crippen molar-refractivity contribution >= 4 is 40.2 Å². The van der Waals surface area contributed by atoms with Crippen molar-refractivity contribution in [1.82, 2.24) is 20.5 Å². The molecule has 52 heavy (non-hydrogen) atoms. The quantitative estimate of drug-likeness (QED) is 0.0935. The SMILES string of the molecule is C=C(C)c1cnc2ccccc2c1-c1cc(C(=O)N[C@@H](CCCCN)C(=O)N2CCC(C)(O)[C@H]2C(=O)NC(C(=O)O)=C(C)C)ccc1OCCCN. The molecule has 0 spiro atoms. The van der Waals surface area contributed by atoms with Gasteiger partial charge in [0.05, 0.1) is 17.7 Å². The van der Waals surface area contributed by atoms with Crippen LogP contribution in [0.4, 0.5) is 0 Å². The number of carboxylic acids is 1. The third-order valence-electron chi connectivity index (χ3n) is 9.16. The van der Waals surface area contributed by atoms with Crippen molar-refractivity contribution in [2.45, 2.75) is 77.5 Å². The zero-order chi connectivity index (χ0) is 38.2. The summed E-state index contributed by atoms with van der Waals surface area (Å²) in [5.74, 6) is -2.77. The number of aliphatic carboxylic acids is 1. The lowest BCUT2D eigenvalue weighted by Crippen LogP contribution is -2.58. The second kappa shape index (κ2) is 17.4. The third-order valence-corrected chi connectivity index (χ3v) is 9.16. The van der Waals surface area contributed by atoms with E-state index in [4.69, 9.17) is 16.2 Å². The van der Waals surface area contributed by atoms with Crippen molar-refractivity contribution in [1.29, 1.82) is 0 Å². The van der Waals surface area contributed by atoms with E-state index >= 15 is 0 Å². The number of carbonyl (C=O) groups excluding carboxylic acids is 3. The van der Waals surface area contributed by atoms with Gasteiger partial charge in [0.25, 0.3) is 5.91 Å². The number of likely N-dealkylation sites (tertiary alicyclic amines) is 1. The molecule has 8 N–H and O–H groups in total. The number of amides is 3. The number of hydrogen-bond donors (Lipinski definition) is 6. The predicted octanol–water partition coefficient (Wildman–Crippen LogP) is 3.74. The van der Waals surface area contributed by atoms with Gasteiger partial charge in [-0.05, 0) is 108 Å². The first-order valence-corrected chi connectivity index (χ1v) is 17.5. The molecule has 1 aliphatic rings. The first-order chi connectivity index (χ1) is 24.7. The highest BCUT2D eigenvalue weighted by Gasteiger charge is 2.50. The van der Waals surface area contributed by atoms with E-state index in [0.717, 1.165) is 27.6 Å². The summed E-state index contributed by atoms with van der Waals surface area (Å²) in [5.41, 5.74) is 13.8. The van der Waals surface area contributed by atoms with E-state index in [0.29, 0.717) is 55.8 Å². The Balaban J connectivity index is 1.73. The van der Waals surface area contributed by atoms with Crippen LogP contribution in [0.3, 0.4) is 0 Å². The average molecular weight is 715 g/mol. The second-order valence-electron chi connectivity index (χ2n) is 13.6. The number of hydrogen-bond acceptors (Lipinski definition) is 9. The molecule has 0 aliphatic carbocycles. The number of carboxylic acid groups (broad SMARTS) is 1. The minimum Gasteiger partial charge on any atom is -0.493 e. The molecule has 13 heteroatoms. The highest BCUT2D eigenvalue weighted by atomic mass is 16.5. The van der Waals surface area contributed by atoms with Crippen molar-refractivity contribution < 1.29 is 34.1 Å². The summed E-state index contributed by atoms with van der Waals surface area (Å²) in [6.07, 6.45) is 3.73. The first kappa shape index (κ1) is 39.7. The molecule has 2 aromatic carbocycles. The number of nitrogens with one attached hydrogen (secondary N) is 2. The maximum Gasteiger partial charge on any atom is 0.352 e. The Hall–Kier alpha value is -5.11. The van der Waals surface area contributed by atoms with E-state index in [1.54, 1.807) is 24.4 Å². The zero-order valence-electron chi connectivity index (χ0n) is 30.3. The number of pyridine rings is 1. The number of carbonyl (C=O) groups is 4. The summed E-state index contributed by atoms with van der Waals surface area (Å²) < 4.78 is 6.18. The Morgan fingerprint density at radius 2 is 1.79 bits per heavy atom. The summed E-state index contributed by atoms with van der Waals surface area (Å²) in [6, 6.07) is 10.2. The fourth-order valence-corrected chi connectivity index (χ4v) is 6.40. The van der Waals surface area contributed by atoms with Crippen LogP contribution in [-0.2, 0) is 14.4 Å². The van der Waals surface area contributed by atoms with Gasteiger partial charge in [-0.1, -0.05) is 24.8 Å². The highest BCUT2D eigenvalue weighted by Crippen LogP contribution is 2.40. The molecule has 0 saturated carbocycles. The lowest BCUT2D eigenvalue weighted by molar-refractivity contribution is -0.145. The van der Waals surface area contributed by atoms with E-state index in [1.807, 2.05) is 31.2 Å². The lowest BCUT2D eigenvalue weighted by Gasteiger charge is -2.33. The lowest BCUT2D eigenvalue weighted by atomic mass is 9.91. The number of benzene rings is 2.